The standard InChI is InChI=1S/C21H14F6O/c1-11-3-4-17(12(2)5-11)18-9-15(24)10-19(25)20(18)21(26,27)28-16-7-13(22)6-14(23)8-16/h3-10H,1-2H3. The Hall–Kier alpha value is -2.96. The summed E-state index contributed by atoms with van der Waals surface area (Å²) < 4.78 is 88.9. The van der Waals surface area contributed by atoms with Gasteiger partial charge in [0.2, 0.25) is 0 Å². The fraction of sp³-hybridized carbons (Fsp3) is 0.143. The van der Waals surface area contributed by atoms with E-state index in [-0.39, 0.29) is 5.56 Å². The first-order chi connectivity index (χ1) is 13.1. The number of benzene rings is 3. The lowest BCUT2D eigenvalue weighted by Gasteiger charge is -2.22. The van der Waals surface area contributed by atoms with Crippen LogP contribution >= 0.6 is 0 Å². The van der Waals surface area contributed by atoms with Gasteiger partial charge in [-0.3, -0.25) is 0 Å². The van der Waals surface area contributed by atoms with Gasteiger partial charge in [0.15, 0.2) is 0 Å². The molecule has 0 aliphatic rings. The lowest BCUT2D eigenvalue weighted by atomic mass is 9.93. The molecule has 0 aromatic heterocycles. The van der Waals surface area contributed by atoms with E-state index >= 15 is 0 Å². The van der Waals surface area contributed by atoms with Gasteiger partial charge in [0.1, 0.15) is 34.6 Å². The van der Waals surface area contributed by atoms with Crippen molar-refractivity contribution in [3.63, 3.8) is 0 Å². The van der Waals surface area contributed by atoms with Gasteiger partial charge in [-0.2, -0.15) is 8.78 Å². The van der Waals surface area contributed by atoms with Crippen molar-refractivity contribution in [2.24, 2.45) is 0 Å². The van der Waals surface area contributed by atoms with Crippen molar-refractivity contribution in [2.75, 3.05) is 0 Å². The lowest BCUT2D eigenvalue weighted by molar-refractivity contribution is -0.187. The molecule has 3 aromatic carbocycles. The molecule has 1 nitrogen and oxygen atoms in total. The van der Waals surface area contributed by atoms with E-state index in [9.17, 15) is 26.3 Å². The van der Waals surface area contributed by atoms with Crippen LogP contribution in [0.3, 0.4) is 0 Å². The van der Waals surface area contributed by atoms with Crippen molar-refractivity contribution in [1.82, 2.24) is 0 Å². The molecule has 3 aromatic rings. The molecule has 0 fully saturated rings. The van der Waals surface area contributed by atoms with Gasteiger partial charge in [0.05, 0.1) is 0 Å². The molecular formula is C21H14F6O. The predicted octanol–water partition coefficient (Wildman–Crippen LogP) is 6.66. The van der Waals surface area contributed by atoms with Gasteiger partial charge >= 0.3 is 6.11 Å². The minimum absolute atomic E-state index is 0.174. The van der Waals surface area contributed by atoms with E-state index in [2.05, 4.69) is 4.74 Å². The van der Waals surface area contributed by atoms with Gasteiger partial charge in [0, 0.05) is 29.8 Å². The molecule has 146 valence electrons. The first kappa shape index (κ1) is 19.8. The second-order valence-electron chi connectivity index (χ2n) is 6.35. The normalized spacial score (nSPS) is 11.6. The third-order valence-corrected chi connectivity index (χ3v) is 4.10. The maximum absolute atomic E-state index is 14.8. The molecule has 28 heavy (non-hydrogen) atoms. The van der Waals surface area contributed by atoms with Crippen LogP contribution in [0.15, 0.2) is 48.5 Å². The molecule has 0 unspecified atom stereocenters. The minimum atomic E-state index is -4.33. The summed E-state index contributed by atoms with van der Waals surface area (Å²) >= 11 is 0. The van der Waals surface area contributed by atoms with E-state index in [1.165, 1.54) is 6.07 Å². The van der Waals surface area contributed by atoms with Crippen LogP contribution in [-0.4, -0.2) is 0 Å². The van der Waals surface area contributed by atoms with E-state index in [1.54, 1.807) is 26.0 Å². The monoisotopic (exact) mass is 396 g/mol. The van der Waals surface area contributed by atoms with E-state index in [4.69, 9.17) is 0 Å². The Bertz CT molecular complexity index is 1030. The highest BCUT2D eigenvalue weighted by Gasteiger charge is 2.41. The number of halogens is 6. The Balaban J connectivity index is 2.17. The molecular weight excluding hydrogens is 382 g/mol. The van der Waals surface area contributed by atoms with Crippen LogP contribution in [0.1, 0.15) is 16.7 Å². The Morgan fingerprint density at radius 1 is 0.714 bits per heavy atom. The quantitative estimate of drug-likeness (QED) is 0.449. The van der Waals surface area contributed by atoms with Gasteiger partial charge in [-0.05, 0) is 31.0 Å². The van der Waals surface area contributed by atoms with E-state index in [0.29, 0.717) is 29.8 Å². The second kappa shape index (κ2) is 7.22. The van der Waals surface area contributed by atoms with E-state index in [0.717, 1.165) is 11.6 Å². The Morgan fingerprint density at radius 2 is 1.32 bits per heavy atom. The van der Waals surface area contributed by atoms with Crippen LogP contribution in [0.25, 0.3) is 11.1 Å². The van der Waals surface area contributed by atoms with Crippen LogP contribution in [0.5, 0.6) is 5.75 Å². The molecule has 3 rings (SSSR count). The molecule has 7 heteroatoms. The summed E-state index contributed by atoms with van der Waals surface area (Å²) in [6.45, 7) is 3.38. The van der Waals surface area contributed by atoms with Crippen molar-refractivity contribution < 1.29 is 31.1 Å². The summed E-state index contributed by atoms with van der Waals surface area (Å²) in [5.41, 5.74) is -0.133. The third-order valence-electron chi connectivity index (χ3n) is 4.10. The van der Waals surface area contributed by atoms with Gasteiger partial charge in [-0.15, -0.1) is 0 Å². The van der Waals surface area contributed by atoms with Gasteiger partial charge < -0.3 is 4.74 Å². The molecule has 0 spiro atoms. The molecule has 0 atom stereocenters. The number of hydrogen-bond donors (Lipinski definition) is 0. The van der Waals surface area contributed by atoms with Crippen LogP contribution in [0.2, 0.25) is 0 Å². The van der Waals surface area contributed by atoms with E-state index in [1.807, 2.05) is 0 Å². The first-order valence-electron chi connectivity index (χ1n) is 8.17. The molecule has 0 radical (unpaired) electrons. The van der Waals surface area contributed by atoms with Crippen molar-refractivity contribution in [3.05, 3.63) is 88.5 Å². The lowest BCUT2D eigenvalue weighted by Crippen LogP contribution is -2.25. The minimum Gasteiger partial charge on any atom is -0.429 e. The molecule has 0 N–H and O–H groups in total. The smallest absolute Gasteiger partial charge is 0.429 e. The SMILES string of the molecule is Cc1ccc(-c2cc(F)cc(F)c2C(F)(F)Oc2cc(F)cc(F)c2)c(C)c1. The first-order valence-corrected chi connectivity index (χ1v) is 8.17. The molecule has 0 aliphatic carbocycles. The van der Waals surface area contributed by atoms with Gasteiger partial charge in [-0.1, -0.05) is 23.8 Å². The largest absolute Gasteiger partial charge is 0.430 e. The summed E-state index contributed by atoms with van der Waals surface area (Å²) in [5.74, 6) is -5.71. The Labute approximate surface area is 157 Å². The zero-order valence-corrected chi connectivity index (χ0v) is 14.8. The average Bonchev–Trinajstić information content (AvgIpc) is 2.51. The number of rotatable bonds is 4. The number of aryl methyl sites for hydroxylation is 2. The molecule has 0 aliphatic heterocycles. The summed E-state index contributed by atoms with van der Waals surface area (Å²) in [4.78, 5) is 0. The van der Waals surface area contributed by atoms with Gasteiger partial charge in [-0.25, -0.2) is 17.6 Å². The summed E-state index contributed by atoms with van der Waals surface area (Å²) in [5, 5.41) is 0. The van der Waals surface area contributed by atoms with Crippen LogP contribution in [0, 0.1) is 37.1 Å². The fourth-order valence-electron chi connectivity index (χ4n) is 2.98. The van der Waals surface area contributed by atoms with Crippen molar-refractivity contribution in [3.8, 4) is 16.9 Å². The Morgan fingerprint density at radius 3 is 1.93 bits per heavy atom. The molecule has 0 amide bonds. The second-order valence-corrected chi connectivity index (χ2v) is 6.35. The highest BCUT2D eigenvalue weighted by molar-refractivity contribution is 5.72. The van der Waals surface area contributed by atoms with Crippen molar-refractivity contribution in [2.45, 2.75) is 20.0 Å². The fourth-order valence-corrected chi connectivity index (χ4v) is 2.98. The zero-order valence-electron chi connectivity index (χ0n) is 14.8. The van der Waals surface area contributed by atoms with Crippen LogP contribution < -0.4 is 4.74 Å². The third kappa shape index (κ3) is 3.98. The van der Waals surface area contributed by atoms with Crippen molar-refractivity contribution in [1.29, 1.82) is 0 Å². The summed E-state index contributed by atoms with van der Waals surface area (Å²) in [6.07, 6.45) is -4.33. The van der Waals surface area contributed by atoms with Crippen LogP contribution in [0.4, 0.5) is 26.3 Å². The zero-order chi connectivity index (χ0) is 20.6. The molecule has 0 heterocycles. The number of hydrogen-bond acceptors (Lipinski definition) is 1. The predicted molar refractivity (Wildman–Crippen MR) is 92.1 cm³/mol. The van der Waals surface area contributed by atoms with Gasteiger partial charge in [0.25, 0.3) is 0 Å². The van der Waals surface area contributed by atoms with Crippen LogP contribution in [-0.2, 0) is 6.11 Å². The molecule has 0 saturated heterocycles. The highest BCUT2D eigenvalue weighted by atomic mass is 19.3. The Kier molecular flexibility index (Phi) is 5.10. The topological polar surface area (TPSA) is 9.23 Å². The van der Waals surface area contributed by atoms with E-state index < -0.39 is 46.3 Å². The van der Waals surface area contributed by atoms with Crippen molar-refractivity contribution >= 4 is 0 Å². The number of alkyl halides is 2. The maximum atomic E-state index is 14.8. The molecule has 0 bridgehead atoms. The summed E-state index contributed by atoms with van der Waals surface area (Å²) in [7, 11) is 0. The molecule has 0 saturated carbocycles. The maximum Gasteiger partial charge on any atom is 0.430 e. The highest BCUT2D eigenvalue weighted by Crippen LogP contribution is 2.41. The average molecular weight is 396 g/mol. The number of ether oxygens (including phenoxy) is 1. The summed E-state index contributed by atoms with van der Waals surface area (Å²) in [6, 6.07) is 7.35.